The van der Waals surface area contributed by atoms with Gasteiger partial charge in [0, 0.05) is 12.6 Å². The van der Waals surface area contributed by atoms with Gasteiger partial charge in [0.25, 0.3) is 0 Å². The van der Waals surface area contributed by atoms with E-state index >= 15 is 0 Å². The van der Waals surface area contributed by atoms with Gasteiger partial charge in [-0.1, -0.05) is 32.6 Å². The lowest BCUT2D eigenvalue weighted by atomic mass is 10.1. The lowest BCUT2D eigenvalue weighted by molar-refractivity contribution is -0.128. The van der Waals surface area contributed by atoms with Gasteiger partial charge >= 0.3 is 0 Å². The van der Waals surface area contributed by atoms with Crippen LogP contribution in [-0.2, 0) is 9.53 Å². The summed E-state index contributed by atoms with van der Waals surface area (Å²) in [7, 11) is 0. The van der Waals surface area contributed by atoms with Crippen molar-refractivity contribution >= 4 is 5.91 Å². The molecule has 0 saturated heterocycles. The molecule has 0 bridgehead atoms. The first kappa shape index (κ1) is 14.5. The zero-order valence-corrected chi connectivity index (χ0v) is 10.9. The van der Waals surface area contributed by atoms with Gasteiger partial charge in [-0.05, 0) is 19.3 Å². The van der Waals surface area contributed by atoms with Gasteiger partial charge in [-0.15, -0.1) is 0 Å². The second kappa shape index (κ2) is 8.48. The third kappa shape index (κ3) is 6.03. The molecule has 1 fully saturated rings. The van der Waals surface area contributed by atoms with Crippen LogP contribution in [0.1, 0.15) is 51.9 Å². The number of nitrogens with one attached hydrogen (secondary N) is 1. The summed E-state index contributed by atoms with van der Waals surface area (Å²) in [4.78, 5) is 11.5. The molecule has 0 aliphatic heterocycles. The number of hydrogen-bond acceptors (Lipinski definition) is 3. The van der Waals surface area contributed by atoms with Crippen molar-refractivity contribution in [3.05, 3.63) is 0 Å². The second-order valence-corrected chi connectivity index (χ2v) is 4.85. The molecule has 1 amide bonds. The van der Waals surface area contributed by atoms with Crippen molar-refractivity contribution in [2.24, 2.45) is 5.73 Å². The van der Waals surface area contributed by atoms with Crippen LogP contribution in [0.25, 0.3) is 0 Å². The van der Waals surface area contributed by atoms with E-state index in [0.29, 0.717) is 0 Å². The molecule has 4 nitrogen and oxygen atoms in total. The third-order valence-corrected chi connectivity index (χ3v) is 3.28. The number of rotatable bonds is 6. The summed E-state index contributed by atoms with van der Waals surface area (Å²) in [6.45, 7) is 3.00. The van der Waals surface area contributed by atoms with Crippen LogP contribution in [0.4, 0.5) is 0 Å². The molecule has 1 rings (SSSR count). The lowest BCUT2D eigenvalue weighted by Crippen LogP contribution is -2.38. The van der Waals surface area contributed by atoms with E-state index in [0.717, 1.165) is 38.6 Å². The Kier molecular flexibility index (Phi) is 7.21. The predicted molar refractivity (Wildman–Crippen MR) is 68.7 cm³/mol. The zero-order chi connectivity index (χ0) is 12.5. The molecule has 0 aromatic carbocycles. The smallest absolute Gasteiger partial charge is 0.246 e. The molecule has 1 aliphatic rings. The minimum absolute atomic E-state index is 0.0186. The molecule has 0 heterocycles. The fourth-order valence-electron chi connectivity index (χ4n) is 2.15. The molecular weight excluding hydrogens is 216 g/mol. The summed E-state index contributed by atoms with van der Waals surface area (Å²) < 4.78 is 5.63. The molecule has 100 valence electrons. The number of carbonyl (C=O) groups is 1. The number of nitrogens with two attached hydrogens (primary N) is 1. The number of unbranched alkanes of at least 4 members (excludes halogenated alkanes) is 1. The Balaban J connectivity index is 2.16. The number of ether oxygens (including phenoxy) is 1. The molecule has 1 saturated carbocycles. The SMILES string of the molecule is CCCCNC(=O)COC1CCCCCC1N. The van der Waals surface area contributed by atoms with Crippen molar-refractivity contribution < 1.29 is 9.53 Å². The van der Waals surface area contributed by atoms with E-state index in [1.54, 1.807) is 0 Å². The van der Waals surface area contributed by atoms with Crippen molar-refractivity contribution in [3.63, 3.8) is 0 Å². The molecule has 0 aromatic rings. The van der Waals surface area contributed by atoms with Gasteiger partial charge < -0.3 is 15.8 Å². The van der Waals surface area contributed by atoms with E-state index in [9.17, 15) is 4.79 Å². The standard InChI is InChI=1S/C13H26N2O2/c1-2-3-9-15-13(16)10-17-12-8-6-4-5-7-11(12)14/h11-12H,2-10,14H2,1H3,(H,15,16). The highest BCUT2D eigenvalue weighted by Crippen LogP contribution is 2.19. The Labute approximate surface area is 104 Å². The van der Waals surface area contributed by atoms with E-state index in [4.69, 9.17) is 10.5 Å². The summed E-state index contributed by atoms with van der Waals surface area (Å²) in [5.74, 6) is -0.0186. The quantitative estimate of drug-likeness (QED) is 0.549. The Morgan fingerprint density at radius 2 is 2.12 bits per heavy atom. The van der Waals surface area contributed by atoms with Crippen molar-refractivity contribution in [1.82, 2.24) is 5.32 Å². The van der Waals surface area contributed by atoms with Crippen LogP contribution in [0, 0.1) is 0 Å². The molecule has 1 aliphatic carbocycles. The third-order valence-electron chi connectivity index (χ3n) is 3.28. The van der Waals surface area contributed by atoms with Gasteiger partial charge in [0.1, 0.15) is 6.61 Å². The van der Waals surface area contributed by atoms with Gasteiger partial charge in [0.15, 0.2) is 0 Å². The van der Waals surface area contributed by atoms with Crippen LogP contribution in [-0.4, -0.2) is 31.2 Å². The monoisotopic (exact) mass is 242 g/mol. The average molecular weight is 242 g/mol. The maximum Gasteiger partial charge on any atom is 0.246 e. The normalized spacial score (nSPS) is 25.3. The summed E-state index contributed by atoms with van der Waals surface area (Å²) >= 11 is 0. The Morgan fingerprint density at radius 1 is 1.35 bits per heavy atom. The van der Waals surface area contributed by atoms with Crippen LogP contribution in [0.3, 0.4) is 0 Å². The van der Waals surface area contributed by atoms with E-state index in [2.05, 4.69) is 12.2 Å². The van der Waals surface area contributed by atoms with E-state index in [-0.39, 0.29) is 24.7 Å². The van der Waals surface area contributed by atoms with Crippen LogP contribution in [0.5, 0.6) is 0 Å². The average Bonchev–Trinajstić information content (AvgIpc) is 2.52. The van der Waals surface area contributed by atoms with Crippen molar-refractivity contribution in [1.29, 1.82) is 0 Å². The Bertz CT molecular complexity index is 221. The molecule has 0 radical (unpaired) electrons. The zero-order valence-electron chi connectivity index (χ0n) is 10.9. The summed E-state index contributed by atoms with van der Waals surface area (Å²) in [6, 6.07) is 0.0981. The summed E-state index contributed by atoms with van der Waals surface area (Å²) in [6.07, 6.45) is 7.76. The van der Waals surface area contributed by atoms with Crippen LogP contribution in [0.2, 0.25) is 0 Å². The Hall–Kier alpha value is -0.610. The summed E-state index contributed by atoms with van der Waals surface area (Å²) in [5, 5.41) is 2.85. The van der Waals surface area contributed by atoms with E-state index < -0.39 is 0 Å². The molecule has 3 N–H and O–H groups in total. The van der Waals surface area contributed by atoms with Crippen molar-refractivity contribution in [2.75, 3.05) is 13.2 Å². The molecule has 2 atom stereocenters. The number of amides is 1. The highest BCUT2D eigenvalue weighted by atomic mass is 16.5. The van der Waals surface area contributed by atoms with E-state index in [1.807, 2.05) is 0 Å². The molecule has 0 spiro atoms. The first-order valence-electron chi connectivity index (χ1n) is 6.88. The minimum Gasteiger partial charge on any atom is -0.367 e. The first-order chi connectivity index (χ1) is 8.24. The molecule has 0 aromatic heterocycles. The fraction of sp³-hybridized carbons (Fsp3) is 0.923. The minimum atomic E-state index is -0.0186. The van der Waals surface area contributed by atoms with Crippen LogP contribution >= 0.6 is 0 Å². The van der Waals surface area contributed by atoms with Crippen molar-refractivity contribution in [2.45, 2.75) is 64.0 Å². The number of hydrogen-bond donors (Lipinski definition) is 2. The molecular formula is C13H26N2O2. The van der Waals surface area contributed by atoms with Crippen molar-refractivity contribution in [3.8, 4) is 0 Å². The van der Waals surface area contributed by atoms with E-state index in [1.165, 1.54) is 12.8 Å². The van der Waals surface area contributed by atoms with Crippen LogP contribution < -0.4 is 11.1 Å². The van der Waals surface area contributed by atoms with Gasteiger partial charge in [-0.25, -0.2) is 0 Å². The van der Waals surface area contributed by atoms with Gasteiger partial charge in [-0.2, -0.15) is 0 Å². The molecule has 2 unspecified atom stereocenters. The van der Waals surface area contributed by atoms with Gasteiger partial charge in [0.05, 0.1) is 6.10 Å². The summed E-state index contributed by atoms with van der Waals surface area (Å²) in [5.41, 5.74) is 6.03. The lowest BCUT2D eigenvalue weighted by Gasteiger charge is -2.21. The largest absolute Gasteiger partial charge is 0.367 e. The van der Waals surface area contributed by atoms with Gasteiger partial charge in [-0.3, -0.25) is 4.79 Å². The highest BCUT2D eigenvalue weighted by Gasteiger charge is 2.21. The predicted octanol–water partition coefficient (Wildman–Crippen LogP) is 1.58. The molecule has 17 heavy (non-hydrogen) atoms. The van der Waals surface area contributed by atoms with Gasteiger partial charge in [0.2, 0.25) is 5.91 Å². The number of carbonyl (C=O) groups excluding carboxylic acids is 1. The maximum absolute atomic E-state index is 11.5. The van der Waals surface area contributed by atoms with Crippen LogP contribution in [0.15, 0.2) is 0 Å². The second-order valence-electron chi connectivity index (χ2n) is 4.85. The first-order valence-corrected chi connectivity index (χ1v) is 6.88. The molecule has 4 heteroatoms. The Morgan fingerprint density at radius 3 is 2.88 bits per heavy atom. The highest BCUT2D eigenvalue weighted by molar-refractivity contribution is 5.77. The maximum atomic E-state index is 11.5. The fourth-order valence-corrected chi connectivity index (χ4v) is 2.15. The topological polar surface area (TPSA) is 64.3 Å².